The molecule has 2 aromatic rings. The van der Waals surface area contributed by atoms with E-state index in [0.29, 0.717) is 55.1 Å². The van der Waals surface area contributed by atoms with Crippen LogP contribution in [0.1, 0.15) is 18.9 Å². The van der Waals surface area contributed by atoms with Gasteiger partial charge in [-0.3, -0.25) is 0 Å². The van der Waals surface area contributed by atoms with Gasteiger partial charge in [0.05, 0.1) is 33.6 Å². The Morgan fingerprint density at radius 3 is 2.44 bits per heavy atom. The fraction of sp³-hybridized carbons (Fsp3) is 0.435. The number of hydrogen-bond donors (Lipinski definition) is 2. The first-order valence-corrected chi connectivity index (χ1v) is 10.5. The summed E-state index contributed by atoms with van der Waals surface area (Å²) in [6.07, 6.45) is 0.806. The third-order valence-corrected chi connectivity index (χ3v) is 5.32. The van der Waals surface area contributed by atoms with E-state index in [1.807, 2.05) is 17.9 Å². The second kappa shape index (κ2) is 10.9. The fourth-order valence-electron chi connectivity index (χ4n) is 3.73. The molecule has 0 spiro atoms. The Balaban J connectivity index is 1.71. The molecule has 0 amide bonds. The van der Waals surface area contributed by atoms with Crippen molar-refractivity contribution in [2.75, 3.05) is 45.9 Å². The average molecular weight is 449 g/mol. The van der Waals surface area contributed by atoms with Crippen LogP contribution < -0.4 is 29.7 Å². The van der Waals surface area contributed by atoms with E-state index < -0.39 is 11.6 Å². The van der Waals surface area contributed by atoms with Gasteiger partial charge in [0, 0.05) is 43.4 Å². The second-order valence-corrected chi connectivity index (χ2v) is 7.39. The summed E-state index contributed by atoms with van der Waals surface area (Å²) < 4.78 is 43.6. The predicted octanol–water partition coefficient (Wildman–Crippen LogP) is 3.32. The Hall–Kier alpha value is -3.23. The van der Waals surface area contributed by atoms with Crippen molar-refractivity contribution in [2.45, 2.75) is 25.9 Å². The number of nitrogens with zero attached hydrogens (tertiary/aromatic N) is 2. The molecule has 0 saturated carbocycles. The predicted molar refractivity (Wildman–Crippen MR) is 121 cm³/mol. The van der Waals surface area contributed by atoms with Gasteiger partial charge in [-0.15, -0.1) is 0 Å². The Morgan fingerprint density at radius 2 is 1.78 bits per heavy atom. The van der Waals surface area contributed by atoms with Gasteiger partial charge in [-0.05, 0) is 31.5 Å². The Labute approximate surface area is 187 Å². The van der Waals surface area contributed by atoms with Gasteiger partial charge in [-0.2, -0.15) is 0 Å². The SMILES string of the molecule is CCNC(=NCc1cc(OC)c(OC)cc1OC)NC1CCN(c2ccc(F)cc2F)C1. The lowest BCUT2D eigenvalue weighted by Gasteiger charge is -2.21. The lowest BCUT2D eigenvalue weighted by Crippen LogP contribution is -2.44. The highest BCUT2D eigenvalue weighted by atomic mass is 19.1. The van der Waals surface area contributed by atoms with Crippen LogP contribution in [0.3, 0.4) is 0 Å². The van der Waals surface area contributed by atoms with Gasteiger partial charge in [-0.25, -0.2) is 13.8 Å². The highest BCUT2D eigenvalue weighted by molar-refractivity contribution is 5.80. The summed E-state index contributed by atoms with van der Waals surface area (Å²) in [7, 11) is 4.75. The average Bonchev–Trinajstić information content (AvgIpc) is 3.25. The third kappa shape index (κ3) is 5.52. The molecule has 1 aliphatic rings. The molecule has 0 aliphatic carbocycles. The summed E-state index contributed by atoms with van der Waals surface area (Å²) in [6, 6.07) is 7.37. The van der Waals surface area contributed by atoms with Crippen molar-refractivity contribution >= 4 is 11.6 Å². The summed E-state index contributed by atoms with van der Waals surface area (Å²) >= 11 is 0. The maximum absolute atomic E-state index is 14.1. The maximum atomic E-state index is 14.1. The van der Waals surface area contributed by atoms with Crippen LogP contribution in [0.4, 0.5) is 14.5 Å². The first-order chi connectivity index (χ1) is 15.5. The van der Waals surface area contributed by atoms with Crippen molar-refractivity contribution in [2.24, 2.45) is 4.99 Å². The zero-order chi connectivity index (χ0) is 23.1. The van der Waals surface area contributed by atoms with Gasteiger partial charge >= 0.3 is 0 Å². The molecule has 1 saturated heterocycles. The van der Waals surface area contributed by atoms with E-state index in [-0.39, 0.29) is 6.04 Å². The first kappa shape index (κ1) is 23.4. The van der Waals surface area contributed by atoms with Gasteiger partial charge in [0.1, 0.15) is 17.4 Å². The van der Waals surface area contributed by atoms with Crippen LogP contribution in [0.2, 0.25) is 0 Å². The lowest BCUT2D eigenvalue weighted by molar-refractivity contribution is 0.347. The number of aliphatic imine (C=N–C) groups is 1. The zero-order valence-electron chi connectivity index (χ0n) is 18.9. The van der Waals surface area contributed by atoms with E-state index >= 15 is 0 Å². The Kier molecular flexibility index (Phi) is 7.97. The van der Waals surface area contributed by atoms with Gasteiger partial charge < -0.3 is 29.7 Å². The van der Waals surface area contributed by atoms with Crippen LogP contribution in [0.25, 0.3) is 0 Å². The largest absolute Gasteiger partial charge is 0.496 e. The fourth-order valence-corrected chi connectivity index (χ4v) is 3.73. The van der Waals surface area contributed by atoms with Crippen molar-refractivity contribution in [3.05, 3.63) is 47.5 Å². The molecule has 0 radical (unpaired) electrons. The smallest absolute Gasteiger partial charge is 0.191 e. The molecular weight excluding hydrogens is 418 g/mol. The molecule has 1 heterocycles. The van der Waals surface area contributed by atoms with Crippen LogP contribution >= 0.6 is 0 Å². The van der Waals surface area contributed by atoms with E-state index in [9.17, 15) is 8.78 Å². The molecule has 174 valence electrons. The summed E-state index contributed by atoms with van der Waals surface area (Å²) in [5, 5.41) is 6.65. The molecule has 0 aromatic heterocycles. The van der Waals surface area contributed by atoms with Crippen molar-refractivity contribution in [3.63, 3.8) is 0 Å². The minimum atomic E-state index is -0.577. The minimum absolute atomic E-state index is 0.0737. The molecule has 1 aliphatic heterocycles. The molecule has 1 atom stereocenters. The molecule has 7 nitrogen and oxygen atoms in total. The topological polar surface area (TPSA) is 67.4 Å². The number of rotatable bonds is 8. The quantitative estimate of drug-likeness (QED) is 0.477. The number of benzene rings is 2. The normalized spacial score (nSPS) is 16.1. The van der Waals surface area contributed by atoms with Crippen molar-refractivity contribution in [1.29, 1.82) is 0 Å². The standard InChI is InChI=1S/C23H30F2N4O3/c1-5-26-23(27-13-15-10-21(31-3)22(32-4)12-20(15)30-2)28-17-8-9-29(14-17)19-7-6-16(24)11-18(19)25/h6-7,10-12,17H,5,8-9,13-14H2,1-4H3,(H2,26,27,28). The zero-order valence-corrected chi connectivity index (χ0v) is 18.9. The van der Waals surface area contributed by atoms with E-state index in [1.165, 1.54) is 12.1 Å². The van der Waals surface area contributed by atoms with Crippen molar-refractivity contribution in [3.8, 4) is 17.2 Å². The minimum Gasteiger partial charge on any atom is -0.496 e. The summed E-state index contributed by atoms with van der Waals surface area (Å²) in [6.45, 7) is 4.30. The van der Waals surface area contributed by atoms with Crippen LogP contribution in [0, 0.1) is 11.6 Å². The maximum Gasteiger partial charge on any atom is 0.191 e. The third-order valence-electron chi connectivity index (χ3n) is 5.32. The highest BCUT2D eigenvalue weighted by Crippen LogP contribution is 2.35. The van der Waals surface area contributed by atoms with Gasteiger partial charge in [0.2, 0.25) is 0 Å². The molecule has 3 rings (SSSR count). The second-order valence-electron chi connectivity index (χ2n) is 7.39. The van der Waals surface area contributed by atoms with E-state index in [1.54, 1.807) is 27.4 Å². The van der Waals surface area contributed by atoms with Gasteiger partial charge in [-0.1, -0.05) is 0 Å². The van der Waals surface area contributed by atoms with Crippen LogP contribution in [0.15, 0.2) is 35.3 Å². The van der Waals surface area contributed by atoms with Crippen molar-refractivity contribution in [1.82, 2.24) is 10.6 Å². The van der Waals surface area contributed by atoms with Crippen molar-refractivity contribution < 1.29 is 23.0 Å². The molecule has 2 N–H and O–H groups in total. The first-order valence-electron chi connectivity index (χ1n) is 10.5. The molecule has 0 bridgehead atoms. The molecule has 1 fully saturated rings. The van der Waals surface area contributed by atoms with Gasteiger partial charge in [0.15, 0.2) is 17.5 Å². The molecule has 32 heavy (non-hydrogen) atoms. The molecule has 9 heteroatoms. The Morgan fingerprint density at radius 1 is 1.06 bits per heavy atom. The Bertz CT molecular complexity index is 955. The molecular formula is C23H30F2N4O3. The summed E-state index contributed by atoms with van der Waals surface area (Å²) in [4.78, 5) is 6.60. The van der Waals surface area contributed by atoms with Crippen LogP contribution in [-0.2, 0) is 6.54 Å². The number of nitrogens with one attached hydrogen (secondary N) is 2. The summed E-state index contributed by atoms with van der Waals surface area (Å²) in [5.41, 5.74) is 1.26. The molecule has 2 aromatic carbocycles. The molecule has 1 unspecified atom stereocenters. The highest BCUT2D eigenvalue weighted by Gasteiger charge is 2.25. The number of halogens is 2. The van der Waals surface area contributed by atoms with E-state index in [2.05, 4.69) is 15.6 Å². The van der Waals surface area contributed by atoms with Crippen LogP contribution in [-0.4, -0.2) is 53.0 Å². The number of hydrogen-bond acceptors (Lipinski definition) is 5. The monoisotopic (exact) mass is 448 g/mol. The van der Waals surface area contributed by atoms with Gasteiger partial charge in [0.25, 0.3) is 0 Å². The number of ether oxygens (including phenoxy) is 3. The van der Waals surface area contributed by atoms with E-state index in [0.717, 1.165) is 18.1 Å². The van der Waals surface area contributed by atoms with E-state index in [4.69, 9.17) is 14.2 Å². The van der Waals surface area contributed by atoms with Crippen LogP contribution in [0.5, 0.6) is 17.2 Å². The summed E-state index contributed by atoms with van der Waals surface area (Å²) in [5.74, 6) is 1.36. The number of guanidine groups is 1. The number of anilines is 1. The lowest BCUT2D eigenvalue weighted by atomic mass is 10.1. The number of methoxy groups -OCH3 is 3.